The molecule has 1 aromatic carbocycles. The number of benzene rings is 1. The van der Waals surface area contributed by atoms with Gasteiger partial charge in [-0.05, 0) is 42.7 Å². The number of hydrogen-bond acceptors (Lipinski definition) is 3. The molecule has 2 unspecified atom stereocenters. The fourth-order valence-corrected chi connectivity index (χ4v) is 3.83. The minimum absolute atomic E-state index is 0.0266. The van der Waals surface area contributed by atoms with Gasteiger partial charge in [0.05, 0.1) is 0 Å². The second-order valence-corrected chi connectivity index (χ2v) is 6.92. The molecule has 1 aromatic rings. The highest BCUT2D eigenvalue weighted by Gasteiger charge is 2.23. The van der Waals surface area contributed by atoms with E-state index in [0.29, 0.717) is 6.04 Å². The Balaban J connectivity index is 1.75. The van der Waals surface area contributed by atoms with E-state index in [-0.39, 0.29) is 5.91 Å². The van der Waals surface area contributed by atoms with Crippen molar-refractivity contribution < 1.29 is 4.79 Å². The lowest BCUT2D eigenvalue weighted by molar-refractivity contribution is -0.114. The predicted molar refractivity (Wildman–Crippen MR) is 87.1 cm³/mol. The number of carbonyl (C=O) groups excluding carboxylic acids is 1. The highest BCUT2D eigenvalue weighted by Crippen LogP contribution is 2.29. The highest BCUT2D eigenvalue weighted by molar-refractivity contribution is 7.99. The van der Waals surface area contributed by atoms with Crippen molar-refractivity contribution in [3.63, 3.8) is 0 Å². The van der Waals surface area contributed by atoms with Gasteiger partial charge < -0.3 is 10.6 Å². The van der Waals surface area contributed by atoms with Crippen molar-refractivity contribution in [1.82, 2.24) is 5.32 Å². The first-order valence-corrected chi connectivity index (χ1v) is 8.43. The molecule has 0 heterocycles. The molecular formula is C16H24N2OS. The molecular weight excluding hydrogens is 268 g/mol. The Morgan fingerprint density at radius 1 is 1.30 bits per heavy atom. The van der Waals surface area contributed by atoms with Gasteiger partial charge in [0, 0.05) is 30.4 Å². The van der Waals surface area contributed by atoms with E-state index < -0.39 is 0 Å². The SMILES string of the molecule is CCSC1CCC(NCc2ccc(NC(C)=O)cc2)C1. The fraction of sp³-hybridized carbons (Fsp3) is 0.562. The number of rotatable bonds is 6. The molecule has 0 saturated heterocycles. The summed E-state index contributed by atoms with van der Waals surface area (Å²) in [5, 5.41) is 7.28. The summed E-state index contributed by atoms with van der Waals surface area (Å²) in [7, 11) is 0. The van der Waals surface area contributed by atoms with Crippen LogP contribution in [0.1, 0.15) is 38.7 Å². The fourth-order valence-electron chi connectivity index (χ4n) is 2.68. The monoisotopic (exact) mass is 292 g/mol. The first-order valence-electron chi connectivity index (χ1n) is 7.39. The van der Waals surface area contributed by atoms with Gasteiger partial charge in [-0.25, -0.2) is 0 Å². The van der Waals surface area contributed by atoms with Crippen LogP contribution in [0.25, 0.3) is 0 Å². The molecule has 1 saturated carbocycles. The molecule has 0 aromatic heterocycles. The zero-order valence-electron chi connectivity index (χ0n) is 12.3. The highest BCUT2D eigenvalue weighted by atomic mass is 32.2. The summed E-state index contributed by atoms with van der Waals surface area (Å²) in [6.07, 6.45) is 3.93. The van der Waals surface area contributed by atoms with E-state index in [0.717, 1.165) is 17.5 Å². The van der Waals surface area contributed by atoms with E-state index in [1.165, 1.54) is 37.5 Å². The second-order valence-electron chi connectivity index (χ2n) is 5.35. The van der Waals surface area contributed by atoms with Gasteiger partial charge in [-0.2, -0.15) is 11.8 Å². The summed E-state index contributed by atoms with van der Waals surface area (Å²) in [4.78, 5) is 11.0. The zero-order valence-corrected chi connectivity index (χ0v) is 13.1. The van der Waals surface area contributed by atoms with Crippen LogP contribution in [0.3, 0.4) is 0 Å². The summed E-state index contributed by atoms with van der Waals surface area (Å²) in [6.45, 7) is 4.68. The molecule has 0 bridgehead atoms. The number of thioether (sulfide) groups is 1. The summed E-state index contributed by atoms with van der Waals surface area (Å²) < 4.78 is 0. The average Bonchev–Trinajstić information content (AvgIpc) is 2.86. The Morgan fingerprint density at radius 2 is 2.05 bits per heavy atom. The molecule has 1 fully saturated rings. The Bertz CT molecular complexity index is 433. The average molecular weight is 292 g/mol. The van der Waals surface area contributed by atoms with Crippen LogP contribution in [0.4, 0.5) is 5.69 Å². The maximum atomic E-state index is 11.0. The Kier molecular flexibility index (Phi) is 5.92. The lowest BCUT2D eigenvalue weighted by atomic mass is 10.2. The van der Waals surface area contributed by atoms with Crippen LogP contribution in [-0.2, 0) is 11.3 Å². The van der Waals surface area contributed by atoms with E-state index >= 15 is 0 Å². The standard InChI is InChI=1S/C16H24N2OS/c1-3-20-16-9-8-15(10-16)17-11-13-4-6-14(7-5-13)18-12(2)19/h4-7,15-17H,3,8-11H2,1-2H3,(H,18,19). The summed E-state index contributed by atoms with van der Waals surface area (Å²) in [5.74, 6) is 1.20. The Morgan fingerprint density at radius 3 is 2.70 bits per heavy atom. The minimum Gasteiger partial charge on any atom is -0.326 e. The molecule has 1 aliphatic carbocycles. The molecule has 0 spiro atoms. The van der Waals surface area contributed by atoms with Gasteiger partial charge >= 0.3 is 0 Å². The maximum Gasteiger partial charge on any atom is 0.221 e. The van der Waals surface area contributed by atoms with Crippen molar-refractivity contribution in [2.75, 3.05) is 11.1 Å². The summed E-state index contributed by atoms with van der Waals surface area (Å²) in [6, 6.07) is 8.73. The summed E-state index contributed by atoms with van der Waals surface area (Å²) in [5.41, 5.74) is 2.13. The van der Waals surface area contributed by atoms with E-state index in [2.05, 4.69) is 41.5 Å². The predicted octanol–water partition coefficient (Wildman–Crippen LogP) is 3.41. The van der Waals surface area contributed by atoms with Crippen molar-refractivity contribution >= 4 is 23.4 Å². The molecule has 2 rings (SSSR count). The van der Waals surface area contributed by atoms with Gasteiger partial charge in [0.2, 0.25) is 5.91 Å². The van der Waals surface area contributed by atoms with Crippen molar-refractivity contribution in [2.45, 2.75) is 50.9 Å². The van der Waals surface area contributed by atoms with Gasteiger partial charge in [0.1, 0.15) is 0 Å². The van der Waals surface area contributed by atoms with Crippen LogP contribution in [0.5, 0.6) is 0 Å². The molecule has 0 radical (unpaired) electrons. The van der Waals surface area contributed by atoms with Crippen LogP contribution >= 0.6 is 11.8 Å². The van der Waals surface area contributed by atoms with Crippen molar-refractivity contribution in [1.29, 1.82) is 0 Å². The first kappa shape index (κ1) is 15.4. The van der Waals surface area contributed by atoms with E-state index in [1.807, 2.05) is 12.1 Å². The molecule has 0 aliphatic heterocycles. The molecule has 20 heavy (non-hydrogen) atoms. The lowest BCUT2D eigenvalue weighted by Gasteiger charge is -2.13. The van der Waals surface area contributed by atoms with Gasteiger partial charge in [-0.3, -0.25) is 4.79 Å². The van der Waals surface area contributed by atoms with Crippen LogP contribution in [0, 0.1) is 0 Å². The van der Waals surface area contributed by atoms with Crippen molar-refractivity contribution in [3.8, 4) is 0 Å². The molecule has 2 N–H and O–H groups in total. The van der Waals surface area contributed by atoms with Crippen LogP contribution in [-0.4, -0.2) is 23.0 Å². The molecule has 3 nitrogen and oxygen atoms in total. The van der Waals surface area contributed by atoms with Crippen LogP contribution in [0.15, 0.2) is 24.3 Å². The number of anilines is 1. The largest absolute Gasteiger partial charge is 0.326 e. The third-order valence-corrected chi connectivity index (χ3v) is 4.89. The Hall–Kier alpha value is -1.00. The zero-order chi connectivity index (χ0) is 14.4. The summed E-state index contributed by atoms with van der Waals surface area (Å²) >= 11 is 2.09. The molecule has 1 aliphatic rings. The minimum atomic E-state index is -0.0266. The molecule has 1 amide bonds. The lowest BCUT2D eigenvalue weighted by Crippen LogP contribution is -2.26. The van der Waals surface area contributed by atoms with Gasteiger partial charge in [0.15, 0.2) is 0 Å². The van der Waals surface area contributed by atoms with Crippen molar-refractivity contribution in [2.24, 2.45) is 0 Å². The number of carbonyl (C=O) groups is 1. The number of nitrogens with one attached hydrogen (secondary N) is 2. The Labute approximate surface area is 125 Å². The normalized spacial score (nSPS) is 21.9. The smallest absolute Gasteiger partial charge is 0.221 e. The molecule has 4 heteroatoms. The topological polar surface area (TPSA) is 41.1 Å². The van der Waals surface area contributed by atoms with Crippen molar-refractivity contribution in [3.05, 3.63) is 29.8 Å². The molecule has 110 valence electrons. The van der Waals surface area contributed by atoms with Gasteiger partial charge in [-0.1, -0.05) is 19.1 Å². The van der Waals surface area contributed by atoms with E-state index in [9.17, 15) is 4.79 Å². The van der Waals surface area contributed by atoms with Gasteiger partial charge in [0.25, 0.3) is 0 Å². The number of hydrogen-bond donors (Lipinski definition) is 2. The maximum absolute atomic E-state index is 11.0. The number of amides is 1. The van der Waals surface area contributed by atoms with Gasteiger partial charge in [-0.15, -0.1) is 0 Å². The second kappa shape index (κ2) is 7.70. The van der Waals surface area contributed by atoms with Crippen LogP contribution < -0.4 is 10.6 Å². The van der Waals surface area contributed by atoms with Crippen LogP contribution in [0.2, 0.25) is 0 Å². The van der Waals surface area contributed by atoms with E-state index in [1.54, 1.807) is 0 Å². The first-order chi connectivity index (χ1) is 9.67. The third-order valence-electron chi connectivity index (χ3n) is 3.66. The molecule has 2 atom stereocenters. The quantitative estimate of drug-likeness (QED) is 0.844. The third kappa shape index (κ3) is 4.84. The van der Waals surface area contributed by atoms with E-state index in [4.69, 9.17) is 0 Å².